The van der Waals surface area contributed by atoms with E-state index in [0.29, 0.717) is 15.4 Å². The van der Waals surface area contributed by atoms with Crippen LogP contribution >= 0.6 is 0 Å². The van der Waals surface area contributed by atoms with Crippen molar-refractivity contribution in [1.29, 1.82) is 0 Å². The van der Waals surface area contributed by atoms with Crippen molar-refractivity contribution >= 4 is 29.8 Å². The van der Waals surface area contributed by atoms with E-state index >= 15 is 0 Å². The summed E-state index contributed by atoms with van der Waals surface area (Å²) < 4.78 is 9.28. The second-order valence-corrected chi connectivity index (χ2v) is 5.06. The van der Waals surface area contributed by atoms with E-state index in [1.165, 1.54) is 19.2 Å². The van der Waals surface area contributed by atoms with Gasteiger partial charge in [0.1, 0.15) is 6.54 Å². The van der Waals surface area contributed by atoms with Crippen molar-refractivity contribution in [3.8, 4) is 0 Å². The van der Waals surface area contributed by atoms with Crippen LogP contribution in [0.1, 0.15) is 22.8 Å². The molecule has 0 aliphatic carbocycles. The molecular weight excluding hydrogens is 332 g/mol. The monoisotopic (exact) mass is 348 g/mol. The van der Waals surface area contributed by atoms with E-state index in [-0.39, 0.29) is 18.7 Å². The number of urea groups is 1. The molecule has 9 nitrogen and oxygen atoms in total. The highest BCUT2D eigenvalue weighted by Gasteiger charge is 2.45. The first kappa shape index (κ1) is 18.1. The van der Waals surface area contributed by atoms with Crippen LogP contribution in [0.4, 0.5) is 4.79 Å². The zero-order valence-electron chi connectivity index (χ0n) is 13.7. The number of hydrogen-bond donors (Lipinski definition) is 0. The molecule has 0 radical (unpaired) electrons. The first-order valence-electron chi connectivity index (χ1n) is 7.39. The van der Waals surface area contributed by atoms with Gasteiger partial charge >= 0.3 is 29.8 Å². The molecule has 0 atom stereocenters. The highest BCUT2D eigenvalue weighted by Crippen LogP contribution is 2.17. The van der Waals surface area contributed by atoms with Gasteiger partial charge in [-0.25, -0.2) is 14.5 Å². The zero-order chi connectivity index (χ0) is 18.6. The smallest absolute Gasteiger partial charge is 0.337 e. The van der Waals surface area contributed by atoms with Crippen molar-refractivity contribution in [1.82, 2.24) is 9.80 Å². The van der Waals surface area contributed by atoms with E-state index in [9.17, 15) is 24.0 Å². The third-order valence-electron chi connectivity index (χ3n) is 3.42. The topological polar surface area (TPSA) is 110 Å². The molecule has 132 valence electrons. The lowest BCUT2D eigenvalue weighted by atomic mass is 10.1. The number of nitrogens with zero attached hydrogens (tertiary/aromatic N) is 2. The van der Waals surface area contributed by atoms with Crippen molar-refractivity contribution < 1.29 is 33.4 Å². The third-order valence-corrected chi connectivity index (χ3v) is 3.42. The molecule has 1 aromatic rings. The molecule has 2 rings (SSSR count). The number of carbonyl (C=O) groups excluding carboxylic acids is 5. The summed E-state index contributed by atoms with van der Waals surface area (Å²) in [7, 11) is 1.23. The number of hydrogen-bond acceptors (Lipinski definition) is 7. The van der Waals surface area contributed by atoms with Crippen LogP contribution in [0.25, 0.3) is 0 Å². The molecule has 0 bridgehead atoms. The predicted octanol–water partition coefficient (Wildman–Crippen LogP) is 0.327. The Morgan fingerprint density at radius 2 is 1.76 bits per heavy atom. The molecule has 0 spiro atoms. The van der Waals surface area contributed by atoms with E-state index in [0.717, 1.165) is 0 Å². The Hall–Kier alpha value is -3.23. The maximum Gasteiger partial charge on any atom is 0.337 e. The standard InChI is InChI=1S/C16H16N2O7/c1-3-25-12(19)9-18-14(21)13(20)17(16(18)23)8-10-5-4-6-11(7-10)15(22)24-2/h4-7H,3,8-9H2,1-2H3. The fraction of sp³-hybridized carbons (Fsp3) is 0.312. The highest BCUT2D eigenvalue weighted by molar-refractivity contribution is 6.44. The highest BCUT2D eigenvalue weighted by atomic mass is 16.5. The van der Waals surface area contributed by atoms with E-state index in [1.54, 1.807) is 19.1 Å². The number of esters is 2. The zero-order valence-corrected chi connectivity index (χ0v) is 13.7. The molecule has 1 saturated heterocycles. The van der Waals surface area contributed by atoms with Crippen LogP contribution in [0.2, 0.25) is 0 Å². The molecule has 1 aromatic carbocycles. The number of carbonyl (C=O) groups is 5. The third kappa shape index (κ3) is 3.82. The predicted molar refractivity (Wildman–Crippen MR) is 82.1 cm³/mol. The normalized spacial score (nSPS) is 14.1. The second kappa shape index (κ2) is 7.56. The van der Waals surface area contributed by atoms with Gasteiger partial charge in [0.15, 0.2) is 0 Å². The molecule has 0 saturated carbocycles. The van der Waals surface area contributed by atoms with Crippen LogP contribution in [0.3, 0.4) is 0 Å². The van der Waals surface area contributed by atoms with Crippen molar-refractivity contribution in [2.75, 3.05) is 20.3 Å². The van der Waals surface area contributed by atoms with Crippen LogP contribution in [0, 0.1) is 0 Å². The maximum absolute atomic E-state index is 12.3. The minimum atomic E-state index is -1.10. The summed E-state index contributed by atoms with van der Waals surface area (Å²) in [6.45, 7) is 0.827. The molecule has 25 heavy (non-hydrogen) atoms. The van der Waals surface area contributed by atoms with Crippen LogP contribution < -0.4 is 0 Å². The fourth-order valence-electron chi connectivity index (χ4n) is 2.26. The van der Waals surface area contributed by atoms with Gasteiger partial charge in [0, 0.05) is 0 Å². The van der Waals surface area contributed by atoms with Gasteiger partial charge < -0.3 is 9.47 Å². The van der Waals surface area contributed by atoms with Crippen molar-refractivity contribution in [2.45, 2.75) is 13.5 Å². The van der Waals surface area contributed by atoms with Gasteiger partial charge in [-0.3, -0.25) is 19.3 Å². The van der Waals surface area contributed by atoms with Crippen LogP contribution in [0.5, 0.6) is 0 Å². The average Bonchev–Trinajstić information content (AvgIpc) is 2.79. The minimum absolute atomic E-state index is 0.0903. The summed E-state index contributed by atoms with van der Waals surface area (Å²) >= 11 is 0. The Kier molecular flexibility index (Phi) is 5.48. The largest absolute Gasteiger partial charge is 0.465 e. The number of benzene rings is 1. The summed E-state index contributed by atoms with van der Waals surface area (Å²) in [6, 6.07) is 5.20. The SMILES string of the molecule is CCOC(=O)CN1C(=O)C(=O)N(Cc2cccc(C(=O)OC)c2)C1=O. The van der Waals surface area contributed by atoms with Crippen LogP contribution in [-0.2, 0) is 30.4 Å². The molecule has 0 N–H and O–H groups in total. The molecule has 9 heteroatoms. The first-order valence-corrected chi connectivity index (χ1v) is 7.39. The van der Waals surface area contributed by atoms with Crippen molar-refractivity contribution in [2.24, 2.45) is 0 Å². The molecule has 1 fully saturated rings. The van der Waals surface area contributed by atoms with Crippen LogP contribution in [0.15, 0.2) is 24.3 Å². The number of ether oxygens (including phenoxy) is 2. The Morgan fingerprint density at radius 3 is 2.40 bits per heavy atom. The van der Waals surface area contributed by atoms with Gasteiger partial charge in [0.05, 0.1) is 25.8 Å². The van der Waals surface area contributed by atoms with E-state index in [2.05, 4.69) is 9.47 Å². The number of methoxy groups -OCH3 is 1. The molecule has 0 aromatic heterocycles. The Morgan fingerprint density at radius 1 is 1.08 bits per heavy atom. The van der Waals surface area contributed by atoms with Crippen molar-refractivity contribution in [3.05, 3.63) is 35.4 Å². The maximum atomic E-state index is 12.3. The Balaban J connectivity index is 2.16. The van der Waals surface area contributed by atoms with E-state index < -0.39 is 36.3 Å². The van der Waals surface area contributed by atoms with Gasteiger partial charge in [-0.15, -0.1) is 0 Å². The Labute approximate surface area is 143 Å². The van der Waals surface area contributed by atoms with E-state index in [4.69, 9.17) is 0 Å². The first-order chi connectivity index (χ1) is 11.9. The molecule has 1 aliphatic heterocycles. The Bertz CT molecular complexity index is 744. The van der Waals surface area contributed by atoms with E-state index in [1.807, 2.05) is 0 Å². The summed E-state index contributed by atoms with van der Waals surface area (Å²) in [5.41, 5.74) is 0.698. The molecule has 0 unspecified atom stereocenters. The van der Waals surface area contributed by atoms with Gasteiger partial charge in [0.2, 0.25) is 0 Å². The van der Waals surface area contributed by atoms with Gasteiger partial charge in [-0.05, 0) is 24.6 Å². The summed E-state index contributed by atoms with van der Waals surface area (Å²) in [5.74, 6) is -3.49. The lowest BCUT2D eigenvalue weighted by molar-refractivity contribution is -0.148. The number of amides is 4. The second-order valence-electron chi connectivity index (χ2n) is 5.06. The molecular formula is C16H16N2O7. The molecule has 1 heterocycles. The summed E-state index contributed by atoms with van der Waals surface area (Å²) in [5, 5.41) is 0. The van der Waals surface area contributed by atoms with Crippen LogP contribution in [-0.4, -0.2) is 59.8 Å². The molecule has 4 amide bonds. The lowest BCUT2D eigenvalue weighted by Crippen LogP contribution is -2.37. The van der Waals surface area contributed by atoms with Gasteiger partial charge in [-0.1, -0.05) is 12.1 Å². The summed E-state index contributed by atoms with van der Waals surface area (Å²) in [4.78, 5) is 60.4. The van der Waals surface area contributed by atoms with Crippen molar-refractivity contribution in [3.63, 3.8) is 0 Å². The van der Waals surface area contributed by atoms with Gasteiger partial charge in [-0.2, -0.15) is 0 Å². The fourth-order valence-corrected chi connectivity index (χ4v) is 2.26. The average molecular weight is 348 g/mol. The molecule has 1 aliphatic rings. The van der Waals surface area contributed by atoms with Gasteiger partial charge in [0.25, 0.3) is 0 Å². The lowest BCUT2D eigenvalue weighted by Gasteiger charge is -2.15. The number of rotatable bonds is 6. The minimum Gasteiger partial charge on any atom is -0.465 e. The number of imide groups is 2. The summed E-state index contributed by atoms with van der Waals surface area (Å²) in [6.07, 6.45) is 0. The quantitative estimate of drug-likeness (QED) is 0.414.